The van der Waals surface area contributed by atoms with Crippen molar-refractivity contribution in [2.24, 2.45) is 0 Å². The monoisotopic (exact) mass is 840 g/mol. The molecule has 0 radical (unpaired) electrons. The fourth-order valence-electron chi connectivity index (χ4n) is 5.61. The van der Waals surface area contributed by atoms with Crippen LogP contribution >= 0.6 is 7.82 Å². The molecule has 0 aliphatic carbocycles. The van der Waals surface area contributed by atoms with Gasteiger partial charge in [0.15, 0.2) is 6.10 Å². The number of quaternary nitrogens is 1. The van der Waals surface area contributed by atoms with Crippen LogP contribution in [0.25, 0.3) is 0 Å². The number of carbonyl (C=O) groups is 2. The second kappa shape index (κ2) is 37.6. The highest BCUT2D eigenvalue weighted by Crippen LogP contribution is 2.38. The molecule has 0 aromatic rings. The van der Waals surface area contributed by atoms with Gasteiger partial charge >= 0.3 is 11.9 Å². The summed E-state index contributed by atoms with van der Waals surface area (Å²) >= 11 is 0. The summed E-state index contributed by atoms with van der Waals surface area (Å²) in [6.07, 6.45) is 37.3. The summed E-state index contributed by atoms with van der Waals surface area (Å²) in [5.41, 5.74) is 0. The van der Waals surface area contributed by atoms with E-state index in [1.807, 2.05) is 27.2 Å². The summed E-state index contributed by atoms with van der Waals surface area (Å²) in [4.78, 5) is 37.6. The standard InChI is InChI=1S/C46H82NO10P/c1-6-8-10-12-14-15-16-17-18-19-20-21-22-24-30-36-46(51)57-44(41-56-58(52,53)55-39-38-47(3,4)5)40-54-45(50)37-31-35-43(49)34-29-26-25-28-33-42(48)32-27-23-13-11-9-7-2/h15-16,23,25-29,33-34,42-44,48-49H,6-14,17-22,24,30-32,35-41H2,1-5H3/b16-15-,26-25+,27-23-,33-28+,34-29-/t42-,43-,44-/m1/s1. The molecule has 0 rings (SSSR count). The molecule has 0 amide bonds. The van der Waals surface area contributed by atoms with E-state index in [-0.39, 0.29) is 26.1 Å². The Morgan fingerprint density at radius 1 is 0.638 bits per heavy atom. The number of hydrogen-bond acceptors (Lipinski definition) is 10. The van der Waals surface area contributed by atoms with E-state index < -0.39 is 44.7 Å². The van der Waals surface area contributed by atoms with Crippen molar-refractivity contribution in [2.75, 3.05) is 47.5 Å². The van der Waals surface area contributed by atoms with Gasteiger partial charge in [0.05, 0.1) is 40.0 Å². The highest BCUT2D eigenvalue weighted by atomic mass is 31.2. The minimum Gasteiger partial charge on any atom is -0.756 e. The van der Waals surface area contributed by atoms with Crippen LogP contribution in [0.3, 0.4) is 0 Å². The molecule has 0 saturated heterocycles. The first-order valence-electron chi connectivity index (χ1n) is 22.2. The maximum atomic E-state index is 12.7. The molecule has 336 valence electrons. The number of hydrogen-bond donors (Lipinski definition) is 2. The first kappa shape index (κ1) is 55.6. The molecule has 0 saturated carbocycles. The largest absolute Gasteiger partial charge is 0.756 e. The molecular weight excluding hydrogens is 757 g/mol. The zero-order chi connectivity index (χ0) is 43.2. The third-order valence-electron chi connectivity index (χ3n) is 9.20. The summed E-state index contributed by atoms with van der Waals surface area (Å²) in [6.45, 7) is 3.85. The highest BCUT2D eigenvalue weighted by Gasteiger charge is 2.22. The van der Waals surface area contributed by atoms with E-state index in [1.165, 1.54) is 70.6 Å². The topological polar surface area (TPSA) is 152 Å². The van der Waals surface area contributed by atoms with Crippen molar-refractivity contribution in [1.29, 1.82) is 0 Å². The molecule has 0 fully saturated rings. The number of aliphatic hydroxyl groups is 2. The predicted octanol–water partition coefficient (Wildman–Crippen LogP) is 9.77. The Bertz CT molecular complexity index is 1210. The number of carbonyl (C=O) groups excluding carboxylic acids is 2. The van der Waals surface area contributed by atoms with E-state index >= 15 is 0 Å². The lowest BCUT2D eigenvalue weighted by Crippen LogP contribution is -2.37. The molecule has 0 bridgehead atoms. The molecule has 11 nitrogen and oxygen atoms in total. The molecule has 2 N–H and O–H groups in total. The molecule has 0 spiro atoms. The van der Waals surface area contributed by atoms with Crippen LogP contribution in [0.15, 0.2) is 60.8 Å². The lowest BCUT2D eigenvalue weighted by molar-refractivity contribution is -0.870. The average molecular weight is 840 g/mol. The van der Waals surface area contributed by atoms with Gasteiger partial charge < -0.3 is 38.1 Å². The van der Waals surface area contributed by atoms with Gasteiger partial charge in [-0.05, 0) is 64.2 Å². The molecule has 58 heavy (non-hydrogen) atoms. The van der Waals surface area contributed by atoms with E-state index in [4.69, 9.17) is 18.5 Å². The average Bonchev–Trinajstić information content (AvgIpc) is 3.16. The number of aliphatic hydroxyl groups excluding tert-OH is 2. The summed E-state index contributed by atoms with van der Waals surface area (Å²) in [7, 11) is 1.02. The molecule has 12 heteroatoms. The predicted molar refractivity (Wildman–Crippen MR) is 234 cm³/mol. The second-order valence-electron chi connectivity index (χ2n) is 16.1. The van der Waals surface area contributed by atoms with Gasteiger partial charge in [-0.2, -0.15) is 0 Å². The summed E-state index contributed by atoms with van der Waals surface area (Å²) < 4.78 is 33.7. The van der Waals surface area contributed by atoms with E-state index in [1.54, 1.807) is 36.5 Å². The van der Waals surface area contributed by atoms with Crippen LogP contribution < -0.4 is 4.89 Å². The third kappa shape index (κ3) is 40.4. The van der Waals surface area contributed by atoms with Crippen LogP contribution in [-0.4, -0.2) is 92.5 Å². The summed E-state index contributed by atoms with van der Waals surface area (Å²) in [5.74, 6) is -1.08. The molecule has 1 unspecified atom stereocenters. The van der Waals surface area contributed by atoms with Gasteiger partial charge in [0.1, 0.15) is 19.8 Å². The Morgan fingerprint density at radius 2 is 1.16 bits per heavy atom. The van der Waals surface area contributed by atoms with E-state index in [9.17, 15) is 29.3 Å². The van der Waals surface area contributed by atoms with Crippen molar-refractivity contribution >= 4 is 19.8 Å². The van der Waals surface area contributed by atoms with Gasteiger partial charge in [-0.3, -0.25) is 14.2 Å². The van der Waals surface area contributed by atoms with E-state index in [0.29, 0.717) is 36.7 Å². The van der Waals surface area contributed by atoms with Crippen LogP contribution in [0, 0.1) is 0 Å². The Morgan fingerprint density at radius 3 is 1.78 bits per heavy atom. The van der Waals surface area contributed by atoms with Gasteiger partial charge in [-0.1, -0.05) is 139 Å². The van der Waals surface area contributed by atoms with E-state index in [2.05, 4.69) is 32.1 Å². The van der Waals surface area contributed by atoms with Crippen LogP contribution in [-0.2, 0) is 32.7 Å². The fraction of sp³-hybridized carbons (Fsp3) is 0.739. The first-order chi connectivity index (χ1) is 27.8. The number of ether oxygens (including phenoxy) is 2. The number of allylic oxidation sites excluding steroid dienone is 7. The van der Waals surface area contributed by atoms with Crippen LogP contribution in [0.2, 0.25) is 0 Å². The lowest BCUT2D eigenvalue weighted by Gasteiger charge is -2.28. The molecule has 0 aliphatic heterocycles. The maximum absolute atomic E-state index is 12.7. The van der Waals surface area contributed by atoms with Crippen molar-refractivity contribution in [3.63, 3.8) is 0 Å². The number of likely N-dealkylation sites (N-methyl/N-ethyl adjacent to an activating group) is 1. The fourth-order valence-corrected chi connectivity index (χ4v) is 6.34. The van der Waals surface area contributed by atoms with Gasteiger partial charge in [-0.15, -0.1) is 0 Å². The van der Waals surface area contributed by atoms with E-state index in [0.717, 1.165) is 32.1 Å². The maximum Gasteiger partial charge on any atom is 0.306 e. The quantitative estimate of drug-likeness (QED) is 0.0153. The van der Waals surface area contributed by atoms with Gasteiger partial charge in [0.25, 0.3) is 7.82 Å². The van der Waals surface area contributed by atoms with Crippen molar-refractivity contribution < 1.29 is 52.3 Å². The number of phosphoric ester groups is 1. The van der Waals surface area contributed by atoms with Gasteiger partial charge in [-0.25, -0.2) is 0 Å². The minimum atomic E-state index is -4.69. The van der Waals surface area contributed by atoms with Crippen molar-refractivity contribution in [2.45, 2.75) is 173 Å². The molecule has 4 atom stereocenters. The lowest BCUT2D eigenvalue weighted by atomic mass is 10.1. The number of rotatable bonds is 39. The third-order valence-corrected chi connectivity index (χ3v) is 10.2. The van der Waals surface area contributed by atoms with Crippen LogP contribution in [0.4, 0.5) is 0 Å². The zero-order valence-corrected chi connectivity index (χ0v) is 37.8. The van der Waals surface area contributed by atoms with Crippen LogP contribution in [0.1, 0.15) is 155 Å². The molecule has 0 aromatic carbocycles. The Kier molecular flexibility index (Phi) is 36.1. The Balaban J connectivity index is 4.63. The smallest absolute Gasteiger partial charge is 0.306 e. The van der Waals surface area contributed by atoms with Gasteiger partial charge in [0, 0.05) is 12.8 Å². The molecule has 0 aromatic heterocycles. The normalized spacial score (nSPS) is 15.2. The molecular formula is C46H82NO10P. The number of unbranched alkanes of at least 4 members (excludes halogenated alkanes) is 14. The number of nitrogens with zero attached hydrogens (tertiary/aromatic N) is 1. The zero-order valence-electron chi connectivity index (χ0n) is 36.9. The second-order valence-corrected chi connectivity index (χ2v) is 17.5. The van der Waals surface area contributed by atoms with Crippen molar-refractivity contribution in [3.8, 4) is 0 Å². The van der Waals surface area contributed by atoms with Gasteiger partial charge in [0.2, 0.25) is 0 Å². The summed E-state index contributed by atoms with van der Waals surface area (Å²) in [5, 5.41) is 20.3. The summed E-state index contributed by atoms with van der Waals surface area (Å²) in [6, 6.07) is 0. The molecule has 0 aliphatic rings. The first-order valence-corrected chi connectivity index (χ1v) is 23.7. The Hall–Kier alpha value is -2.37. The Labute approximate surface area is 352 Å². The SMILES string of the molecule is CCCCC/C=C\C[C@@H](O)/C=C/C=C/C=C\[C@@H](O)CCCC(=O)OC[C@H](COP(=O)([O-])OCC[N+](C)(C)C)OC(=O)CCCCCCCCC/C=C\CCCCCC. The van der Waals surface area contributed by atoms with Crippen molar-refractivity contribution in [3.05, 3.63) is 60.8 Å². The van der Waals surface area contributed by atoms with Crippen LogP contribution in [0.5, 0.6) is 0 Å². The molecule has 0 heterocycles. The highest BCUT2D eigenvalue weighted by molar-refractivity contribution is 7.45. The minimum absolute atomic E-state index is 0.0139. The van der Waals surface area contributed by atoms with Crippen molar-refractivity contribution in [1.82, 2.24) is 0 Å². The number of phosphoric acid groups is 1. The number of esters is 2.